The minimum atomic E-state index is -0.213. The van der Waals surface area contributed by atoms with E-state index in [2.05, 4.69) is 5.32 Å². The molecular weight excluding hydrogens is 217 g/mol. The molecule has 3 rings (SSSR count). The van der Waals surface area contributed by atoms with Crippen LogP contribution in [-0.4, -0.2) is 19.7 Å². The molecule has 2 nitrogen and oxygen atoms in total. The van der Waals surface area contributed by atoms with E-state index in [1.807, 2.05) is 6.07 Å². The van der Waals surface area contributed by atoms with Gasteiger partial charge in [-0.25, -0.2) is 4.39 Å². The molecule has 0 bridgehead atoms. The summed E-state index contributed by atoms with van der Waals surface area (Å²) in [6, 6.07) is 5.42. The van der Waals surface area contributed by atoms with E-state index in [0.717, 1.165) is 25.1 Å². The third-order valence-corrected chi connectivity index (χ3v) is 3.66. The molecule has 17 heavy (non-hydrogen) atoms. The molecule has 2 aliphatic rings. The Balaban J connectivity index is 1.68. The van der Waals surface area contributed by atoms with Crippen molar-refractivity contribution in [1.29, 1.82) is 0 Å². The lowest BCUT2D eigenvalue weighted by atomic mass is 9.98. The van der Waals surface area contributed by atoms with Crippen LogP contribution in [0.15, 0.2) is 18.2 Å². The monoisotopic (exact) mass is 235 g/mol. The van der Waals surface area contributed by atoms with E-state index < -0.39 is 0 Å². The number of halogens is 1. The van der Waals surface area contributed by atoms with Gasteiger partial charge in [0.15, 0.2) is 11.6 Å². The lowest BCUT2D eigenvalue weighted by Crippen LogP contribution is -2.08. The number of benzene rings is 1. The number of rotatable bonds is 4. The minimum Gasteiger partial charge on any atom is -0.490 e. The Morgan fingerprint density at radius 3 is 2.82 bits per heavy atom. The van der Waals surface area contributed by atoms with Crippen LogP contribution in [0.25, 0.3) is 0 Å². The second-order valence-corrected chi connectivity index (χ2v) is 5.13. The molecule has 0 amide bonds. The van der Waals surface area contributed by atoms with Crippen molar-refractivity contribution in [3.8, 4) is 5.75 Å². The highest BCUT2D eigenvalue weighted by Gasteiger charge is 2.23. The van der Waals surface area contributed by atoms with Crippen molar-refractivity contribution in [2.24, 2.45) is 5.92 Å². The molecule has 1 saturated carbocycles. The summed E-state index contributed by atoms with van der Waals surface area (Å²) in [7, 11) is 0. The molecule has 1 aliphatic heterocycles. The fraction of sp³-hybridized carbons (Fsp3) is 0.571. The maximum Gasteiger partial charge on any atom is 0.165 e. The summed E-state index contributed by atoms with van der Waals surface area (Å²) in [6.07, 6.45) is 3.56. The first-order chi connectivity index (χ1) is 8.33. The molecule has 3 heteroatoms. The molecular formula is C14H18FNO. The van der Waals surface area contributed by atoms with Gasteiger partial charge in [0.2, 0.25) is 0 Å². The molecule has 0 aromatic heterocycles. The van der Waals surface area contributed by atoms with Gasteiger partial charge in [-0.1, -0.05) is 6.07 Å². The summed E-state index contributed by atoms with van der Waals surface area (Å²) in [5.41, 5.74) is 1.09. The summed E-state index contributed by atoms with van der Waals surface area (Å²) in [5.74, 6) is 1.32. The predicted molar refractivity (Wildman–Crippen MR) is 64.8 cm³/mol. The summed E-state index contributed by atoms with van der Waals surface area (Å²) >= 11 is 0. The summed E-state index contributed by atoms with van der Waals surface area (Å²) < 4.78 is 19.3. The third-order valence-electron chi connectivity index (χ3n) is 3.66. The van der Waals surface area contributed by atoms with Gasteiger partial charge in [-0.15, -0.1) is 0 Å². The highest BCUT2D eigenvalue weighted by atomic mass is 19.1. The van der Waals surface area contributed by atoms with Crippen molar-refractivity contribution in [2.75, 3.05) is 19.7 Å². The van der Waals surface area contributed by atoms with Crippen molar-refractivity contribution >= 4 is 0 Å². The van der Waals surface area contributed by atoms with Crippen molar-refractivity contribution in [1.82, 2.24) is 5.32 Å². The van der Waals surface area contributed by atoms with Gasteiger partial charge in [0, 0.05) is 6.54 Å². The fourth-order valence-corrected chi connectivity index (χ4v) is 2.32. The highest BCUT2D eigenvalue weighted by Crippen LogP contribution is 2.31. The average Bonchev–Trinajstić information content (AvgIpc) is 3.00. The van der Waals surface area contributed by atoms with E-state index in [-0.39, 0.29) is 5.82 Å². The number of hydrogen-bond acceptors (Lipinski definition) is 2. The molecule has 0 spiro atoms. The molecule has 1 aliphatic carbocycles. The molecule has 1 N–H and O–H groups in total. The zero-order chi connectivity index (χ0) is 11.7. The largest absolute Gasteiger partial charge is 0.490 e. The number of hydrogen-bond donors (Lipinski definition) is 1. The fourth-order valence-electron chi connectivity index (χ4n) is 2.32. The van der Waals surface area contributed by atoms with E-state index in [0.29, 0.717) is 24.2 Å². The van der Waals surface area contributed by atoms with Crippen LogP contribution in [0.2, 0.25) is 0 Å². The molecule has 1 atom stereocenters. The third kappa shape index (κ3) is 2.60. The van der Waals surface area contributed by atoms with Gasteiger partial charge in [-0.05, 0) is 55.3 Å². The number of ether oxygens (including phenoxy) is 1. The van der Waals surface area contributed by atoms with Crippen LogP contribution in [0.4, 0.5) is 4.39 Å². The molecule has 2 fully saturated rings. The number of nitrogens with one attached hydrogen (secondary N) is 1. The maximum atomic E-state index is 13.8. The second-order valence-electron chi connectivity index (χ2n) is 5.13. The lowest BCUT2D eigenvalue weighted by Gasteiger charge is -2.11. The maximum absolute atomic E-state index is 13.8. The van der Waals surface area contributed by atoms with Gasteiger partial charge in [0.25, 0.3) is 0 Å². The predicted octanol–water partition coefficient (Wildman–Crippen LogP) is 2.69. The lowest BCUT2D eigenvalue weighted by molar-refractivity contribution is 0.285. The van der Waals surface area contributed by atoms with Crippen LogP contribution in [-0.2, 0) is 0 Å². The van der Waals surface area contributed by atoms with Gasteiger partial charge in [0.1, 0.15) is 0 Å². The Hall–Kier alpha value is -1.09. The summed E-state index contributed by atoms with van der Waals surface area (Å²) in [6.45, 7) is 2.66. The van der Waals surface area contributed by atoms with Gasteiger partial charge < -0.3 is 10.1 Å². The van der Waals surface area contributed by atoms with Crippen molar-refractivity contribution in [3.63, 3.8) is 0 Å². The van der Waals surface area contributed by atoms with Crippen LogP contribution < -0.4 is 10.1 Å². The topological polar surface area (TPSA) is 21.3 Å². The molecule has 1 aromatic rings. The Bertz CT molecular complexity index is 397. The highest BCUT2D eigenvalue weighted by molar-refractivity contribution is 5.32. The molecule has 92 valence electrons. The SMILES string of the molecule is Fc1cc(C2CCNC2)ccc1OCC1CC1. The van der Waals surface area contributed by atoms with Gasteiger partial charge in [0.05, 0.1) is 6.61 Å². The first kappa shape index (κ1) is 11.0. The van der Waals surface area contributed by atoms with Crippen molar-refractivity contribution < 1.29 is 9.13 Å². The Labute approximate surface area is 101 Å². The van der Waals surface area contributed by atoms with Crippen molar-refractivity contribution in [2.45, 2.75) is 25.2 Å². The Kier molecular flexibility index (Phi) is 3.02. The molecule has 1 heterocycles. The Morgan fingerprint density at radius 2 is 2.18 bits per heavy atom. The average molecular weight is 235 g/mol. The van der Waals surface area contributed by atoms with E-state index >= 15 is 0 Å². The van der Waals surface area contributed by atoms with Gasteiger partial charge >= 0.3 is 0 Å². The first-order valence-electron chi connectivity index (χ1n) is 6.46. The Morgan fingerprint density at radius 1 is 1.29 bits per heavy atom. The first-order valence-corrected chi connectivity index (χ1v) is 6.46. The van der Waals surface area contributed by atoms with Gasteiger partial charge in [-0.2, -0.15) is 0 Å². The van der Waals surface area contributed by atoms with Crippen molar-refractivity contribution in [3.05, 3.63) is 29.6 Å². The minimum absolute atomic E-state index is 0.213. The molecule has 1 aromatic carbocycles. The van der Waals surface area contributed by atoms with Crippen LogP contribution >= 0.6 is 0 Å². The van der Waals surface area contributed by atoms with Crippen LogP contribution in [0.5, 0.6) is 5.75 Å². The van der Waals surface area contributed by atoms with Crippen LogP contribution in [0.1, 0.15) is 30.7 Å². The zero-order valence-electron chi connectivity index (χ0n) is 9.92. The summed E-state index contributed by atoms with van der Waals surface area (Å²) in [4.78, 5) is 0. The molecule has 1 saturated heterocycles. The normalized spacial score (nSPS) is 23.9. The van der Waals surface area contributed by atoms with E-state index in [1.54, 1.807) is 12.1 Å². The molecule has 1 unspecified atom stereocenters. The van der Waals surface area contributed by atoms with Crippen LogP contribution in [0, 0.1) is 11.7 Å². The quantitative estimate of drug-likeness (QED) is 0.866. The van der Waals surface area contributed by atoms with E-state index in [4.69, 9.17) is 4.74 Å². The molecule has 0 radical (unpaired) electrons. The van der Waals surface area contributed by atoms with E-state index in [9.17, 15) is 4.39 Å². The second kappa shape index (κ2) is 4.65. The van der Waals surface area contributed by atoms with Crippen LogP contribution in [0.3, 0.4) is 0 Å². The standard InChI is InChI=1S/C14H18FNO/c15-13-7-11(12-5-6-16-8-12)3-4-14(13)17-9-10-1-2-10/h3-4,7,10,12,16H,1-2,5-6,8-9H2. The summed E-state index contributed by atoms with van der Waals surface area (Å²) in [5, 5.41) is 3.30. The zero-order valence-corrected chi connectivity index (χ0v) is 9.92. The smallest absolute Gasteiger partial charge is 0.165 e. The van der Waals surface area contributed by atoms with Gasteiger partial charge in [-0.3, -0.25) is 0 Å². The van der Waals surface area contributed by atoms with E-state index in [1.165, 1.54) is 12.8 Å².